The van der Waals surface area contributed by atoms with E-state index in [0.29, 0.717) is 11.5 Å². The molecule has 4 nitrogen and oxygen atoms in total. The average molecular weight is 440 g/mol. The Kier molecular flexibility index (Phi) is 6.71. The average Bonchev–Trinajstić information content (AvgIpc) is 3.11. The molecule has 5 rings (SSSR count). The standard InChI is InChI=1S/C29H33N3O/c33-21-26-19-31-32-28(25-13-6-3-7-14-25)27(20-30-29(26)32)24-17-15-23(16-18-24)12-8-11-22-9-4-1-2-5-10-22/h1-2,4,9-10,15-19,21,25,30H,3,5-8,11-14,20H2. The van der Waals surface area contributed by atoms with Gasteiger partial charge in [0.2, 0.25) is 0 Å². The maximum Gasteiger partial charge on any atom is 0.155 e. The fourth-order valence-electron chi connectivity index (χ4n) is 5.42. The van der Waals surface area contributed by atoms with Gasteiger partial charge >= 0.3 is 0 Å². The summed E-state index contributed by atoms with van der Waals surface area (Å²) in [5.41, 5.74) is 7.36. The molecule has 0 unspecified atom stereocenters. The van der Waals surface area contributed by atoms with E-state index in [1.807, 2.05) is 4.68 Å². The summed E-state index contributed by atoms with van der Waals surface area (Å²) < 4.78 is 2.01. The number of nitrogens with zero attached hydrogens (tertiary/aromatic N) is 2. The fraction of sp³-hybridized carbons (Fsp3) is 0.379. The molecule has 1 fully saturated rings. The summed E-state index contributed by atoms with van der Waals surface area (Å²) in [5, 5.41) is 8.08. The van der Waals surface area contributed by atoms with Crippen molar-refractivity contribution in [3.05, 3.63) is 83.1 Å². The molecule has 1 aromatic heterocycles. The van der Waals surface area contributed by atoms with Crippen molar-refractivity contribution in [1.82, 2.24) is 9.78 Å². The van der Waals surface area contributed by atoms with Gasteiger partial charge in [-0.05, 0) is 49.7 Å². The van der Waals surface area contributed by atoms with Crippen LogP contribution in [0, 0.1) is 5.92 Å². The highest BCUT2D eigenvalue weighted by molar-refractivity contribution is 5.93. The molecule has 170 valence electrons. The first-order valence-corrected chi connectivity index (χ1v) is 12.5. The van der Waals surface area contributed by atoms with Crippen molar-refractivity contribution in [2.24, 2.45) is 5.92 Å². The lowest BCUT2D eigenvalue weighted by molar-refractivity contribution is 0.112. The Morgan fingerprint density at radius 2 is 1.91 bits per heavy atom. The van der Waals surface area contributed by atoms with E-state index < -0.39 is 0 Å². The van der Waals surface area contributed by atoms with Crippen LogP contribution in [0.2, 0.25) is 0 Å². The molecule has 2 heterocycles. The van der Waals surface area contributed by atoms with Crippen molar-refractivity contribution in [3.63, 3.8) is 0 Å². The molecule has 4 heteroatoms. The number of carbonyl (C=O) groups excluding carboxylic acids is 1. The van der Waals surface area contributed by atoms with Gasteiger partial charge < -0.3 is 5.32 Å². The van der Waals surface area contributed by atoms with Crippen LogP contribution in [0.25, 0.3) is 11.3 Å². The lowest BCUT2D eigenvalue weighted by Crippen LogP contribution is -2.24. The number of hydrogen-bond donors (Lipinski definition) is 1. The summed E-state index contributed by atoms with van der Waals surface area (Å²) in [6.45, 7) is 0.742. The number of hydrogen-bond acceptors (Lipinski definition) is 3. The molecule has 0 spiro atoms. The number of allylic oxidation sites excluding steroid dienone is 7. The molecule has 2 aliphatic carbocycles. The van der Waals surface area contributed by atoms with Crippen LogP contribution in [0.4, 0.5) is 5.82 Å². The highest BCUT2D eigenvalue weighted by Gasteiger charge is 2.29. The Morgan fingerprint density at radius 3 is 2.73 bits per heavy atom. The summed E-state index contributed by atoms with van der Waals surface area (Å²) in [6.07, 6.45) is 24.3. The van der Waals surface area contributed by atoms with E-state index in [9.17, 15) is 4.79 Å². The summed E-state index contributed by atoms with van der Waals surface area (Å²) in [5.74, 6) is 1.35. The third-order valence-electron chi connectivity index (χ3n) is 7.19. The first-order valence-electron chi connectivity index (χ1n) is 12.5. The topological polar surface area (TPSA) is 46.9 Å². The van der Waals surface area contributed by atoms with E-state index in [0.717, 1.165) is 44.3 Å². The van der Waals surface area contributed by atoms with E-state index in [1.54, 1.807) is 6.20 Å². The molecule has 0 bridgehead atoms. The molecule has 1 N–H and O–H groups in total. The van der Waals surface area contributed by atoms with E-state index in [4.69, 9.17) is 0 Å². The predicted octanol–water partition coefficient (Wildman–Crippen LogP) is 6.83. The van der Waals surface area contributed by atoms with Crippen molar-refractivity contribution >= 4 is 23.4 Å². The molecule has 33 heavy (non-hydrogen) atoms. The Labute approximate surface area is 196 Å². The maximum atomic E-state index is 11.5. The SMILES string of the molecule is O=Cc1cnn2c1NCC(c1ccc(CCCC3=CCC=CC=C3)cc1)=C2C1CCCCC1. The minimum atomic E-state index is 0.504. The number of carbonyl (C=O) groups is 1. The number of nitrogens with one attached hydrogen (secondary N) is 1. The number of aryl methyl sites for hydroxylation is 1. The zero-order chi connectivity index (χ0) is 22.5. The van der Waals surface area contributed by atoms with Crippen LogP contribution in [0.15, 0.2) is 66.4 Å². The minimum absolute atomic E-state index is 0.504. The van der Waals surface area contributed by atoms with Gasteiger partial charge in [0.05, 0.1) is 17.5 Å². The van der Waals surface area contributed by atoms with Gasteiger partial charge in [-0.3, -0.25) is 4.79 Å². The van der Waals surface area contributed by atoms with E-state index in [1.165, 1.54) is 60.1 Å². The van der Waals surface area contributed by atoms with Crippen LogP contribution in [0.5, 0.6) is 0 Å². The molecule has 0 radical (unpaired) electrons. The maximum absolute atomic E-state index is 11.5. The van der Waals surface area contributed by atoms with Crippen LogP contribution in [0.3, 0.4) is 0 Å². The second-order valence-corrected chi connectivity index (χ2v) is 9.38. The number of anilines is 1. The zero-order valence-electron chi connectivity index (χ0n) is 19.3. The number of aromatic nitrogens is 2. The Morgan fingerprint density at radius 1 is 1.06 bits per heavy atom. The van der Waals surface area contributed by atoms with E-state index in [-0.39, 0.29) is 0 Å². The Hall–Kier alpha value is -3.14. The third kappa shape index (κ3) is 4.80. The molecule has 1 aliphatic heterocycles. The lowest BCUT2D eigenvalue weighted by Gasteiger charge is -2.31. The van der Waals surface area contributed by atoms with E-state index >= 15 is 0 Å². The quantitative estimate of drug-likeness (QED) is 0.481. The van der Waals surface area contributed by atoms with Gasteiger partial charge in [-0.15, -0.1) is 0 Å². The van der Waals surface area contributed by atoms with Gasteiger partial charge in [0.1, 0.15) is 5.82 Å². The van der Waals surface area contributed by atoms with Gasteiger partial charge in [0.15, 0.2) is 6.29 Å². The Balaban J connectivity index is 1.36. The first-order chi connectivity index (χ1) is 16.3. The zero-order valence-corrected chi connectivity index (χ0v) is 19.3. The molecule has 0 amide bonds. The first kappa shape index (κ1) is 21.7. The van der Waals surface area contributed by atoms with Gasteiger partial charge in [-0.1, -0.05) is 79.5 Å². The third-order valence-corrected chi connectivity index (χ3v) is 7.19. The predicted molar refractivity (Wildman–Crippen MR) is 136 cm³/mol. The molecule has 3 aliphatic rings. The summed E-state index contributed by atoms with van der Waals surface area (Å²) in [7, 11) is 0. The van der Waals surface area contributed by atoms with Crippen molar-refractivity contribution in [2.45, 2.75) is 57.8 Å². The number of aldehydes is 1. The summed E-state index contributed by atoms with van der Waals surface area (Å²) in [6, 6.07) is 9.13. The molecule has 0 atom stereocenters. The number of rotatable bonds is 7. The highest BCUT2D eigenvalue weighted by Crippen LogP contribution is 2.41. The van der Waals surface area contributed by atoms with Crippen LogP contribution in [-0.2, 0) is 6.42 Å². The molecule has 1 saturated carbocycles. The molecule has 1 aromatic carbocycles. The van der Waals surface area contributed by atoms with Gasteiger partial charge in [-0.25, -0.2) is 4.68 Å². The lowest BCUT2D eigenvalue weighted by atomic mass is 9.83. The summed E-state index contributed by atoms with van der Waals surface area (Å²) in [4.78, 5) is 11.5. The smallest absolute Gasteiger partial charge is 0.155 e. The molecular weight excluding hydrogens is 406 g/mol. The van der Waals surface area contributed by atoms with Crippen molar-refractivity contribution in [2.75, 3.05) is 11.9 Å². The normalized spacial score (nSPS) is 18.5. The second-order valence-electron chi connectivity index (χ2n) is 9.38. The monoisotopic (exact) mass is 439 g/mol. The number of fused-ring (bicyclic) bond motifs is 1. The molecular formula is C29H33N3O. The van der Waals surface area contributed by atoms with Crippen LogP contribution < -0.4 is 5.32 Å². The second kappa shape index (κ2) is 10.2. The van der Waals surface area contributed by atoms with Gasteiger partial charge in [0.25, 0.3) is 0 Å². The van der Waals surface area contributed by atoms with E-state index in [2.05, 4.69) is 65.1 Å². The van der Waals surface area contributed by atoms with Crippen LogP contribution in [0.1, 0.15) is 72.9 Å². The molecule has 0 saturated heterocycles. The number of benzene rings is 1. The van der Waals surface area contributed by atoms with Crippen molar-refractivity contribution < 1.29 is 4.79 Å². The van der Waals surface area contributed by atoms with Crippen molar-refractivity contribution in [3.8, 4) is 0 Å². The fourth-order valence-corrected chi connectivity index (χ4v) is 5.42. The minimum Gasteiger partial charge on any atom is -0.365 e. The van der Waals surface area contributed by atoms with Gasteiger partial charge in [0, 0.05) is 18.0 Å². The van der Waals surface area contributed by atoms with Gasteiger partial charge in [-0.2, -0.15) is 5.10 Å². The Bertz CT molecular complexity index is 1110. The largest absolute Gasteiger partial charge is 0.365 e. The summed E-state index contributed by atoms with van der Waals surface area (Å²) >= 11 is 0. The van der Waals surface area contributed by atoms with Crippen LogP contribution >= 0.6 is 0 Å². The van der Waals surface area contributed by atoms with Crippen molar-refractivity contribution in [1.29, 1.82) is 0 Å². The highest BCUT2D eigenvalue weighted by atomic mass is 16.1. The van der Waals surface area contributed by atoms with Crippen LogP contribution in [-0.4, -0.2) is 22.6 Å². The molecule has 2 aromatic rings.